The summed E-state index contributed by atoms with van der Waals surface area (Å²) in [5.74, 6) is 0. The first-order valence-corrected chi connectivity index (χ1v) is 7.17. The Labute approximate surface area is 129 Å². The normalized spacial score (nSPS) is 19.4. The van der Waals surface area contributed by atoms with Crippen molar-refractivity contribution in [3.8, 4) is 0 Å². The molecule has 0 spiro atoms. The molecule has 1 amide bonds. The standard InChI is InChI=1S/C14H21ClN4O2/c1-14(2,3)21-13(20)19-7-9(5-10(16)8-19)11-6-17-12(15)18(11)4/h5-6,10H,7-8,16H2,1-4H3. The summed E-state index contributed by atoms with van der Waals surface area (Å²) in [7, 11) is 1.82. The van der Waals surface area contributed by atoms with Crippen LogP contribution in [0.25, 0.3) is 5.57 Å². The third-order valence-electron chi connectivity index (χ3n) is 3.12. The molecule has 0 saturated carbocycles. The predicted molar refractivity (Wildman–Crippen MR) is 82.0 cm³/mol. The summed E-state index contributed by atoms with van der Waals surface area (Å²) >= 11 is 5.96. The molecule has 0 fully saturated rings. The fourth-order valence-electron chi connectivity index (χ4n) is 2.21. The lowest BCUT2D eigenvalue weighted by molar-refractivity contribution is 0.0265. The van der Waals surface area contributed by atoms with Crippen molar-refractivity contribution in [3.05, 3.63) is 23.3 Å². The van der Waals surface area contributed by atoms with E-state index in [1.54, 1.807) is 15.7 Å². The first-order valence-electron chi connectivity index (χ1n) is 6.79. The number of carbonyl (C=O) groups excluding carboxylic acids is 1. The van der Waals surface area contributed by atoms with Crippen LogP contribution in [0.3, 0.4) is 0 Å². The summed E-state index contributed by atoms with van der Waals surface area (Å²) in [6, 6.07) is -0.241. The Balaban J connectivity index is 2.19. The smallest absolute Gasteiger partial charge is 0.410 e. The highest BCUT2D eigenvalue weighted by molar-refractivity contribution is 6.28. The minimum absolute atomic E-state index is 0.241. The van der Waals surface area contributed by atoms with Crippen LogP contribution < -0.4 is 5.73 Å². The summed E-state index contributed by atoms with van der Waals surface area (Å²) in [5, 5.41) is 0.397. The maximum atomic E-state index is 12.2. The van der Waals surface area contributed by atoms with Crippen molar-refractivity contribution in [2.24, 2.45) is 12.8 Å². The second-order valence-corrected chi connectivity index (χ2v) is 6.53. The topological polar surface area (TPSA) is 73.4 Å². The number of hydrogen-bond donors (Lipinski definition) is 1. The highest BCUT2D eigenvalue weighted by Gasteiger charge is 2.28. The number of hydrogen-bond acceptors (Lipinski definition) is 4. The SMILES string of the molecule is Cn1c(C2=CC(N)CN(C(=O)OC(C)(C)C)C2)cnc1Cl. The molecular weight excluding hydrogens is 292 g/mol. The molecule has 21 heavy (non-hydrogen) atoms. The van der Waals surface area contributed by atoms with Crippen LogP contribution in [-0.4, -0.2) is 45.3 Å². The Kier molecular flexibility index (Phi) is 4.30. The number of aromatic nitrogens is 2. The van der Waals surface area contributed by atoms with Crippen molar-refractivity contribution in [1.82, 2.24) is 14.5 Å². The van der Waals surface area contributed by atoms with Crippen molar-refractivity contribution in [1.29, 1.82) is 0 Å². The number of nitrogens with two attached hydrogens (primary N) is 1. The van der Waals surface area contributed by atoms with Gasteiger partial charge >= 0.3 is 6.09 Å². The third-order valence-corrected chi connectivity index (χ3v) is 3.47. The fraction of sp³-hybridized carbons (Fsp3) is 0.571. The van der Waals surface area contributed by atoms with Crippen molar-refractivity contribution >= 4 is 23.3 Å². The number of rotatable bonds is 1. The molecule has 0 bridgehead atoms. The lowest BCUT2D eigenvalue weighted by Gasteiger charge is -2.32. The summed E-state index contributed by atoms with van der Waals surface area (Å²) in [5.41, 5.74) is 7.26. The van der Waals surface area contributed by atoms with E-state index in [4.69, 9.17) is 22.1 Å². The van der Waals surface area contributed by atoms with Crippen LogP contribution in [0.1, 0.15) is 26.5 Å². The van der Waals surface area contributed by atoms with Gasteiger partial charge in [-0.25, -0.2) is 9.78 Å². The number of halogens is 1. The van der Waals surface area contributed by atoms with Gasteiger partial charge in [0.2, 0.25) is 5.28 Å². The Morgan fingerprint density at radius 1 is 1.52 bits per heavy atom. The zero-order chi connectivity index (χ0) is 15.8. The van der Waals surface area contributed by atoms with Crippen LogP contribution in [0.15, 0.2) is 12.3 Å². The van der Waals surface area contributed by atoms with E-state index in [1.807, 2.05) is 33.9 Å². The average molecular weight is 313 g/mol. The van der Waals surface area contributed by atoms with Crippen molar-refractivity contribution in [2.75, 3.05) is 13.1 Å². The molecule has 0 aliphatic carbocycles. The van der Waals surface area contributed by atoms with E-state index in [0.29, 0.717) is 18.4 Å². The van der Waals surface area contributed by atoms with Crippen LogP contribution in [0, 0.1) is 0 Å². The van der Waals surface area contributed by atoms with E-state index in [-0.39, 0.29) is 12.1 Å². The molecule has 2 rings (SSSR count). The molecule has 1 aromatic rings. The van der Waals surface area contributed by atoms with Crippen LogP contribution >= 0.6 is 11.6 Å². The molecule has 6 nitrogen and oxygen atoms in total. The zero-order valence-corrected chi connectivity index (χ0v) is 13.5. The van der Waals surface area contributed by atoms with Crippen LogP contribution in [-0.2, 0) is 11.8 Å². The highest BCUT2D eigenvalue weighted by atomic mass is 35.5. The summed E-state index contributed by atoms with van der Waals surface area (Å²) in [6.45, 7) is 6.38. The Morgan fingerprint density at radius 3 is 2.71 bits per heavy atom. The second-order valence-electron chi connectivity index (χ2n) is 6.19. The van der Waals surface area contributed by atoms with Gasteiger partial charge in [0.05, 0.1) is 18.4 Å². The first-order chi connectivity index (χ1) is 9.67. The van der Waals surface area contributed by atoms with Gasteiger partial charge in [0, 0.05) is 19.6 Å². The molecule has 1 aliphatic heterocycles. The maximum absolute atomic E-state index is 12.2. The number of imidazole rings is 1. The summed E-state index contributed by atoms with van der Waals surface area (Å²) in [4.78, 5) is 17.9. The molecule has 116 valence electrons. The molecule has 1 aromatic heterocycles. The molecule has 0 saturated heterocycles. The summed E-state index contributed by atoms with van der Waals surface area (Å²) < 4.78 is 7.16. The van der Waals surface area contributed by atoms with Gasteiger partial charge in [-0.2, -0.15) is 0 Å². The van der Waals surface area contributed by atoms with Crippen LogP contribution in [0.2, 0.25) is 5.28 Å². The van der Waals surface area contributed by atoms with Gasteiger partial charge in [0.1, 0.15) is 5.60 Å². The predicted octanol–water partition coefficient (Wildman–Crippen LogP) is 2.03. The number of nitrogens with zero attached hydrogens (tertiary/aromatic N) is 3. The van der Waals surface area contributed by atoms with Crippen molar-refractivity contribution < 1.29 is 9.53 Å². The third kappa shape index (κ3) is 3.77. The van der Waals surface area contributed by atoms with E-state index < -0.39 is 5.60 Å². The largest absolute Gasteiger partial charge is 0.444 e. The highest BCUT2D eigenvalue weighted by Crippen LogP contribution is 2.23. The number of carbonyl (C=O) groups is 1. The molecule has 2 N–H and O–H groups in total. The lowest BCUT2D eigenvalue weighted by Crippen LogP contribution is -2.46. The molecule has 1 atom stereocenters. The van der Waals surface area contributed by atoms with Gasteiger partial charge in [0.25, 0.3) is 0 Å². The molecule has 2 heterocycles. The van der Waals surface area contributed by atoms with E-state index in [0.717, 1.165) is 11.3 Å². The molecule has 0 aromatic carbocycles. The molecule has 7 heteroatoms. The van der Waals surface area contributed by atoms with Gasteiger partial charge in [-0.1, -0.05) is 6.08 Å². The van der Waals surface area contributed by atoms with Crippen molar-refractivity contribution in [3.63, 3.8) is 0 Å². The second kappa shape index (κ2) is 5.69. The zero-order valence-electron chi connectivity index (χ0n) is 12.8. The molecule has 0 radical (unpaired) electrons. The van der Waals surface area contributed by atoms with E-state index in [9.17, 15) is 4.79 Å². The van der Waals surface area contributed by atoms with Crippen LogP contribution in [0.4, 0.5) is 4.79 Å². The van der Waals surface area contributed by atoms with Gasteiger partial charge in [0.15, 0.2) is 0 Å². The lowest BCUT2D eigenvalue weighted by atomic mass is 10.0. The first kappa shape index (κ1) is 15.9. The van der Waals surface area contributed by atoms with Crippen molar-refractivity contribution in [2.45, 2.75) is 32.4 Å². The Morgan fingerprint density at radius 2 is 2.19 bits per heavy atom. The van der Waals surface area contributed by atoms with E-state index in [2.05, 4.69) is 4.98 Å². The maximum Gasteiger partial charge on any atom is 0.410 e. The van der Waals surface area contributed by atoms with Gasteiger partial charge in [-0.15, -0.1) is 0 Å². The monoisotopic (exact) mass is 312 g/mol. The quantitative estimate of drug-likeness (QED) is 0.861. The molecule has 1 unspecified atom stereocenters. The van der Waals surface area contributed by atoms with Gasteiger partial charge in [-0.3, -0.25) is 0 Å². The fourth-order valence-corrected chi connectivity index (χ4v) is 2.35. The minimum atomic E-state index is -0.529. The average Bonchev–Trinajstić information content (AvgIpc) is 2.67. The van der Waals surface area contributed by atoms with Crippen LogP contribution in [0.5, 0.6) is 0 Å². The van der Waals surface area contributed by atoms with Gasteiger partial charge in [-0.05, 0) is 37.9 Å². The number of ether oxygens (including phenoxy) is 1. The summed E-state index contributed by atoms with van der Waals surface area (Å²) in [6.07, 6.45) is 3.25. The van der Waals surface area contributed by atoms with Gasteiger partial charge < -0.3 is 19.9 Å². The Bertz CT molecular complexity index is 574. The molecule has 1 aliphatic rings. The number of amides is 1. The van der Waals surface area contributed by atoms with E-state index in [1.165, 1.54) is 0 Å². The molecular formula is C14H21ClN4O2. The minimum Gasteiger partial charge on any atom is -0.444 e. The van der Waals surface area contributed by atoms with E-state index >= 15 is 0 Å². The Hall–Kier alpha value is -1.53.